The Morgan fingerprint density at radius 3 is 1.93 bits per heavy atom. The van der Waals surface area contributed by atoms with Gasteiger partial charge >= 0.3 is 0 Å². The second-order valence-corrected chi connectivity index (χ2v) is 16.5. The van der Waals surface area contributed by atoms with Gasteiger partial charge in [-0.15, -0.1) is 0 Å². The zero-order valence-electron chi connectivity index (χ0n) is 34.1. The van der Waals surface area contributed by atoms with Gasteiger partial charge in [-0.05, 0) is 109 Å². The van der Waals surface area contributed by atoms with E-state index in [0.29, 0.717) is 0 Å². The molecule has 0 heteroatoms. The quantitative estimate of drug-likeness (QED) is 0.129. The molecule has 0 fully saturated rings. The Morgan fingerprint density at radius 2 is 1.19 bits per heavy atom. The lowest BCUT2D eigenvalue weighted by atomic mass is 9.67. The van der Waals surface area contributed by atoms with E-state index in [9.17, 15) is 0 Å². The normalized spacial score (nSPS) is 17.8. The number of benzene rings is 7. The lowest BCUT2D eigenvalue weighted by molar-refractivity contribution is 0.657. The third-order valence-corrected chi connectivity index (χ3v) is 13.1. The Labute approximate surface area is 345 Å². The van der Waals surface area contributed by atoms with Gasteiger partial charge in [-0.1, -0.05) is 221 Å². The molecule has 0 bridgehead atoms. The molecule has 0 nitrogen and oxygen atoms in total. The zero-order valence-corrected chi connectivity index (χ0v) is 34.1. The maximum Gasteiger partial charge on any atom is 0.0668 e. The van der Waals surface area contributed by atoms with E-state index in [1.165, 1.54) is 89.0 Å². The fraction of sp³-hybridized carbons (Fsp3) is 0.138. The number of hydrogen-bond acceptors (Lipinski definition) is 0. The summed E-state index contributed by atoms with van der Waals surface area (Å²) in [4.78, 5) is 0. The number of rotatable bonds is 9. The van der Waals surface area contributed by atoms with E-state index in [4.69, 9.17) is 6.58 Å². The van der Waals surface area contributed by atoms with Crippen molar-refractivity contribution in [3.05, 3.63) is 257 Å². The van der Waals surface area contributed by atoms with Gasteiger partial charge in [0.25, 0.3) is 0 Å². The minimum absolute atomic E-state index is 0.0784. The van der Waals surface area contributed by atoms with Gasteiger partial charge in [0.15, 0.2) is 0 Å². The van der Waals surface area contributed by atoms with E-state index in [2.05, 4.69) is 216 Å². The monoisotopic (exact) mass is 746 g/mol. The minimum Gasteiger partial charge on any atom is -0.0991 e. The first-order valence-corrected chi connectivity index (χ1v) is 20.6. The van der Waals surface area contributed by atoms with Crippen molar-refractivity contribution in [3.8, 4) is 33.4 Å². The summed E-state index contributed by atoms with van der Waals surface area (Å²) in [5, 5.41) is 0. The molecule has 2 aliphatic carbocycles. The molecule has 0 aliphatic heterocycles. The Bertz CT molecular complexity index is 2750. The van der Waals surface area contributed by atoms with Crippen LogP contribution >= 0.6 is 0 Å². The predicted octanol–water partition coefficient (Wildman–Crippen LogP) is 15.1. The summed E-state index contributed by atoms with van der Waals surface area (Å²) in [5.41, 5.74) is 21.1. The highest BCUT2D eigenvalue weighted by atomic mass is 14.5. The summed E-state index contributed by atoms with van der Waals surface area (Å²) in [6, 6.07) is 63.1. The van der Waals surface area contributed by atoms with Gasteiger partial charge in [0, 0.05) is 11.3 Å². The van der Waals surface area contributed by atoms with Gasteiger partial charge in [-0.2, -0.15) is 0 Å². The van der Waals surface area contributed by atoms with Crippen LogP contribution in [0, 0.1) is 0 Å². The van der Waals surface area contributed by atoms with Crippen molar-refractivity contribution in [2.45, 2.75) is 50.9 Å². The second-order valence-electron chi connectivity index (χ2n) is 16.5. The molecule has 58 heavy (non-hydrogen) atoms. The standard InChI is InChI=1S/C58H50/c1-7-19-39(3)58(47-24-13-10-14-25-47)40(4)48(8-2)56-49(27-18-29-54(56)58)44-22-17-23-45(37-44)52(36-41-30-32-43(33-31-41)42-20-11-9-12-21-42)46-34-35-51-50-26-15-16-28-53(50)57(5,6)55(51)38-46/h7-35,37-38,52H,1,4,36H2,2-3,5-6H3. The molecule has 0 radical (unpaired) electrons. The van der Waals surface area contributed by atoms with Crippen LogP contribution in [0.3, 0.4) is 0 Å². The topological polar surface area (TPSA) is 0 Å². The molecule has 2 atom stereocenters. The predicted molar refractivity (Wildman–Crippen MR) is 247 cm³/mol. The highest BCUT2D eigenvalue weighted by molar-refractivity contribution is 5.99. The molecule has 0 saturated heterocycles. The smallest absolute Gasteiger partial charge is 0.0668 e. The lowest BCUT2D eigenvalue weighted by Gasteiger charge is -2.34. The van der Waals surface area contributed by atoms with Crippen LogP contribution in [0.15, 0.2) is 212 Å². The fourth-order valence-electron chi connectivity index (χ4n) is 10.2. The van der Waals surface area contributed by atoms with Gasteiger partial charge in [0.05, 0.1) is 5.41 Å². The largest absolute Gasteiger partial charge is 0.0991 e. The van der Waals surface area contributed by atoms with Crippen molar-refractivity contribution in [1.82, 2.24) is 0 Å². The van der Waals surface area contributed by atoms with E-state index in [1.54, 1.807) is 0 Å². The Kier molecular flexibility index (Phi) is 9.45. The third kappa shape index (κ3) is 5.90. The average molecular weight is 747 g/mol. The van der Waals surface area contributed by atoms with E-state index in [1.807, 2.05) is 6.08 Å². The second kappa shape index (κ2) is 14.8. The van der Waals surface area contributed by atoms with Crippen LogP contribution < -0.4 is 0 Å². The first-order valence-electron chi connectivity index (χ1n) is 20.6. The summed E-state index contributed by atoms with van der Waals surface area (Å²) < 4.78 is 0. The van der Waals surface area contributed by atoms with Crippen molar-refractivity contribution in [2.24, 2.45) is 0 Å². The van der Waals surface area contributed by atoms with Gasteiger partial charge in [0.2, 0.25) is 0 Å². The summed E-state index contributed by atoms with van der Waals surface area (Å²) in [5.74, 6) is 0.140. The first-order chi connectivity index (χ1) is 28.3. The molecule has 9 rings (SSSR count). The Hall–Kier alpha value is -6.50. The number of hydrogen-bond donors (Lipinski definition) is 0. The molecular formula is C58H50. The zero-order chi connectivity index (χ0) is 40.0. The molecule has 282 valence electrons. The van der Waals surface area contributed by atoms with E-state index in [-0.39, 0.29) is 11.3 Å². The van der Waals surface area contributed by atoms with Crippen LogP contribution in [0.1, 0.15) is 78.1 Å². The molecule has 0 amide bonds. The Balaban J connectivity index is 1.19. The van der Waals surface area contributed by atoms with Crippen molar-refractivity contribution < 1.29 is 0 Å². The lowest BCUT2D eigenvalue weighted by Crippen LogP contribution is -2.28. The highest BCUT2D eigenvalue weighted by Gasteiger charge is 2.47. The third-order valence-electron chi connectivity index (χ3n) is 13.1. The maximum atomic E-state index is 4.86. The van der Waals surface area contributed by atoms with Gasteiger partial charge in [0.1, 0.15) is 0 Å². The van der Waals surface area contributed by atoms with Gasteiger partial charge in [-0.25, -0.2) is 0 Å². The molecular weight excluding hydrogens is 697 g/mol. The van der Waals surface area contributed by atoms with Crippen molar-refractivity contribution in [3.63, 3.8) is 0 Å². The molecule has 0 aromatic heterocycles. The minimum atomic E-state index is -0.497. The number of allylic oxidation sites excluding steroid dienone is 6. The van der Waals surface area contributed by atoms with Crippen molar-refractivity contribution in [2.75, 3.05) is 0 Å². The molecule has 7 aromatic carbocycles. The van der Waals surface area contributed by atoms with Crippen LogP contribution in [0.2, 0.25) is 0 Å². The first kappa shape index (κ1) is 37.1. The molecule has 2 aliphatic rings. The fourth-order valence-corrected chi connectivity index (χ4v) is 10.2. The number of fused-ring (bicyclic) bond motifs is 4. The molecule has 2 unspecified atom stereocenters. The molecule has 0 heterocycles. The molecule has 0 N–H and O–H groups in total. The summed E-state index contributed by atoms with van der Waals surface area (Å²) in [6.45, 7) is 18.1. The highest BCUT2D eigenvalue weighted by Crippen LogP contribution is 2.59. The molecule has 0 saturated carbocycles. The van der Waals surface area contributed by atoms with E-state index >= 15 is 0 Å². The van der Waals surface area contributed by atoms with Crippen LogP contribution in [-0.2, 0) is 17.3 Å². The molecule has 7 aromatic rings. The van der Waals surface area contributed by atoms with Crippen LogP contribution in [0.4, 0.5) is 0 Å². The summed E-state index contributed by atoms with van der Waals surface area (Å²) >= 11 is 0. The SMILES string of the molecule is C=CC=C(C)C1(c2ccccc2)C(=C)C(=CC)c2c(-c3cccc(C(Cc4ccc(-c5ccccc5)cc4)c4ccc5c(c4)C(C)(C)c4ccccc4-5)c3)cccc21. The van der Waals surface area contributed by atoms with Crippen LogP contribution in [-0.4, -0.2) is 0 Å². The van der Waals surface area contributed by atoms with Crippen molar-refractivity contribution in [1.29, 1.82) is 0 Å². The molecule has 0 spiro atoms. The van der Waals surface area contributed by atoms with E-state index in [0.717, 1.165) is 12.0 Å². The van der Waals surface area contributed by atoms with Crippen LogP contribution in [0.25, 0.3) is 39.0 Å². The maximum absolute atomic E-state index is 4.86. The van der Waals surface area contributed by atoms with Crippen molar-refractivity contribution >= 4 is 5.57 Å². The summed E-state index contributed by atoms with van der Waals surface area (Å²) in [7, 11) is 0. The van der Waals surface area contributed by atoms with Gasteiger partial charge in [-0.3, -0.25) is 0 Å². The summed E-state index contributed by atoms with van der Waals surface area (Å²) in [6.07, 6.45) is 7.20. The van der Waals surface area contributed by atoms with Gasteiger partial charge < -0.3 is 0 Å². The van der Waals surface area contributed by atoms with Crippen LogP contribution in [0.5, 0.6) is 0 Å². The Morgan fingerprint density at radius 1 is 0.586 bits per heavy atom. The average Bonchev–Trinajstić information content (AvgIpc) is 3.67. The van der Waals surface area contributed by atoms with E-state index < -0.39 is 5.41 Å².